The maximum atomic E-state index is 12.4. The van der Waals surface area contributed by atoms with E-state index in [9.17, 15) is 9.90 Å². The summed E-state index contributed by atoms with van der Waals surface area (Å²) in [6.45, 7) is 6.42. The summed E-state index contributed by atoms with van der Waals surface area (Å²) in [5, 5.41) is 10.5. The van der Waals surface area contributed by atoms with Crippen LogP contribution >= 0.6 is 0 Å². The lowest BCUT2D eigenvalue weighted by Crippen LogP contribution is -2.37. The van der Waals surface area contributed by atoms with Gasteiger partial charge in [-0.3, -0.25) is 14.6 Å². The molecule has 2 fully saturated rings. The third-order valence-corrected chi connectivity index (χ3v) is 6.05. The predicted octanol–water partition coefficient (Wildman–Crippen LogP) is 1.91. The predicted molar refractivity (Wildman–Crippen MR) is 109 cm³/mol. The van der Waals surface area contributed by atoms with Crippen LogP contribution in [0.3, 0.4) is 0 Å². The lowest BCUT2D eigenvalue weighted by atomic mass is 9.99. The van der Waals surface area contributed by atoms with E-state index in [0.29, 0.717) is 24.7 Å². The second-order valence-electron chi connectivity index (χ2n) is 7.87. The van der Waals surface area contributed by atoms with Crippen molar-refractivity contribution in [2.45, 2.75) is 25.4 Å². The number of hydrogen-bond acceptors (Lipinski definition) is 5. The van der Waals surface area contributed by atoms with Crippen LogP contribution in [0.2, 0.25) is 0 Å². The summed E-state index contributed by atoms with van der Waals surface area (Å²) in [6.07, 6.45) is 1.10. The minimum Gasteiger partial charge on any atom is -0.503 e. The normalized spacial score (nSPS) is 21.2. The van der Waals surface area contributed by atoms with Crippen LogP contribution < -0.4 is 5.43 Å². The Hall–Kier alpha value is -2.15. The number of aromatic nitrogens is 1. The van der Waals surface area contributed by atoms with E-state index in [0.717, 1.165) is 51.5 Å². The molecule has 0 bridgehead atoms. The number of aromatic hydroxyl groups is 1. The van der Waals surface area contributed by atoms with E-state index in [2.05, 4.69) is 34.1 Å². The second-order valence-corrected chi connectivity index (χ2v) is 7.87. The minimum absolute atomic E-state index is 0.114. The highest BCUT2D eigenvalue weighted by Crippen LogP contribution is 2.29. The van der Waals surface area contributed by atoms with Gasteiger partial charge in [-0.15, -0.1) is 0 Å². The first-order valence-corrected chi connectivity index (χ1v) is 10.1. The third-order valence-electron chi connectivity index (χ3n) is 6.05. The quantitative estimate of drug-likeness (QED) is 0.855. The van der Waals surface area contributed by atoms with Crippen molar-refractivity contribution in [1.82, 2.24) is 14.4 Å². The lowest BCUT2D eigenvalue weighted by Gasteiger charge is -2.28. The molecule has 2 saturated heterocycles. The first-order chi connectivity index (χ1) is 13.6. The number of benzene rings is 1. The van der Waals surface area contributed by atoms with Gasteiger partial charge in [-0.1, -0.05) is 30.3 Å². The van der Waals surface area contributed by atoms with Crippen molar-refractivity contribution in [2.75, 3.05) is 39.4 Å². The van der Waals surface area contributed by atoms with Crippen molar-refractivity contribution in [3.05, 3.63) is 63.6 Å². The third kappa shape index (κ3) is 4.14. The average Bonchev–Trinajstić information content (AvgIpc) is 3.19. The maximum Gasteiger partial charge on any atom is 0.223 e. The Labute approximate surface area is 166 Å². The molecule has 4 rings (SSSR count). The molecule has 1 aromatic heterocycles. The largest absolute Gasteiger partial charge is 0.503 e. The number of rotatable bonds is 5. The number of hydrogen-bond donors (Lipinski definition) is 1. The van der Waals surface area contributed by atoms with Gasteiger partial charge in [-0.05, 0) is 24.4 Å². The van der Waals surface area contributed by atoms with Gasteiger partial charge in [0.05, 0.1) is 18.9 Å². The number of pyridine rings is 1. The Bertz CT molecular complexity index is 859. The molecule has 0 spiro atoms. The van der Waals surface area contributed by atoms with Gasteiger partial charge in [0.1, 0.15) is 0 Å². The molecule has 6 heteroatoms. The van der Waals surface area contributed by atoms with Crippen LogP contribution in [0.25, 0.3) is 0 Å². The zero-order valence-electron chi connectivity index (χ0n) is 16.5. The van der Waals surface area contributed by atoms with E-state index in [1.165, 1.54) is 5.56 Å². The summed E-state index contributed by atoms with van der Waals surface area (Å²) in [5.74, 6) is 0.397. The van der Waals surface area contributed by atoms with Gasteiger partial charge in [0, 0.05) is 51.5 Å². The molecular weight excluding hydrogens is 354 g/mol. The fourth-order valence-electron chi connectivity index (χ4n) is 4.30. The zero-order valence-corrected chi connectivity index (χ0v) is 16.5. The van der Waals surface area contributed by atoms with Crippen molar-refractivity contribution >= 4 is 0 Å². The Balaban J connectivity index is 1.50. The van der Waals surface area contributed by atoms with Crippen LogP contribution in [0, 0.1) is 0 Å². The molecule has 1 atom stereocenters. The lowest BCUT2D eigenvalue weighted by molar-refractivity contribution is 0.0331. The van der Waals surface area contributed by atoms with Crippen LogP contribution in [-0.2, 0) is 24.9 Å². The highest BCUT2D eigenvalue weighted by atomic mass is 16.5. The highest BCUT2D eigenvalue weighted by molar-refractivity contribution is 5.30. The molecule has 0 unspecified atom stereocenters. The molecule has 28 heavy (non-hydrogen) atoms. The molecular formula is C22H29N3O3. The van der Waals surface area contributed by atoms with Crippen molar-refractivity contribution in [1.29, 1.82) is 0 Å². The Kier molecular flexibility index (Phi) is 5.80. The van der Waals surface area contributed by atoms with Gasteiger partial charge >= 0.3 is 0 Å². The highest BCUT2D eigenvalue weighted by Gasteiger charge is 2.26. The first kappa shape index (κ1) is 19.2. The molecule has 0 saturated carbocycles. The number of nitrogens with zero attached hydrogens (tertiary/aromatic N) is 3. The number of morpholine rings is 1. The van der Waals surface area contributed by atoms with Crippen LogP contribution in [0.4, 0.5) is 0 Å². The molecule has 0 aliphatic carbocycles. The summed E-state index contributed by atoms with van der Waals surface area (Å²) in [5.41, 5.74) is 2.74. The van der Waals surface area contributed by atoms with E-state index in [4.69, 9.17) is 4.74 Å². The van der Waals surface area contributed by atoms with E-state index < -0.39 is 0 Å². The van der Waals surface area contributed by atoms with Crippen LogP contribution in [-0.4, -0.2) is 58.9 Å². The minimum atomic E-state index is -0.282. The molecule has 3 heterocycles. The van der Waals surface area contributed by atoms with Gasteiger partial charge in [0.2, 0.25) is 5.43 Å². The van der Waals surface area contributed by atoms with E-state index >= 15 is 0 Å². The summed E-state index contributed by atoms with van der Waals surface area (Å²) < 4.78 is 7.41. The molecule has 0 amide bonds. The Morgan fingerprint density at radius 3 is 2.57 bits per heavy atom. The van der Waals surface area contributed by atoms with E-state index in [1.54, 1.807) is 6.07 Å². The maximum absolute atomic E-state index is 12.4. The molecule has 2 aromatic rings. The van der Waals surface area contributed by atoms with Crippen molar-refractivity contribution in [2.24, 2.45) is 7.05 Å². The summed E-state index contributed by atoms with van der Waals surface area (Å²) >= 11 is 0. The topological polar surface area (TPSA) is 57.9 Å². The van der Waals surface area contributed by atoms with Crippen molar-refractivity contribution in [3.8, 4) is 5.75 Å². The molecule has 2 aliphatic heterocycles. The first-order valence-electron chi connectivity index (χ1n) is 10.1. The molecule has 1 aromatic carbocycles. The summed E-state index contributed by atoms with van der Waals surface area (Å²) in [6, 6.07) is 12.2. The molecule has 6 nitrogen and oxygen atoms in total. The van der Waals surface area contributed by atoms with E-state index in [1.807, 2.05) is 17.7 Å². The molecule has 150 valence electrons. The van der Waals surface area contributed by atoms with E-state index in [-0.39, 0.29) is 11.2 Å². The van der Waals surface area contributed by atoms with Crippen LogP contribution in [0.1, 0.15) is 29.3 Å². The Morgan fingerprint density at radius 2 is 1.82 bits per heavy atom. The molecule has 2 aliphatic rings. The summed E-state index contributed by atoms with van der Waals surface area (Å²) in [4.78, 5) is 17.0. The van der Waals surface area contributed by atoms with Crippen molar-refractivity contribution in [3.63, 3.8) is 0 Å². The number of ether oxygens (including phenoxy) is 1. The van der Waals surface area contributed by atoms with Crippen LogP contribution in [0.15, 0.2) is 41.2 Å². The standard InChI is InChI=1S/C22H29N3O3/c1-23-19(15-24-9-11-28-12-10-24)13-21(26)22(27)20(23)16-25-8-7-18(14-25)17-5-3-2-4-6-17/h2-6,13,18,27H,7-12,14-16H2,1H3/t18-/m0/s1. The molecule has 1 N–H and O–H groups in total. The SMILES string of the molecule is Cn1c(CN2CCOCC2)cc(=O)c(O)c1CN1CC[C@H](c2ccccc2)C1. The second kappa shape index (κ2) is 8.47. The van der Waals surface area contributed by atoms with Gasteiger partial charge in [0.15, 0.2) is 5.75 Å². The van der Waals surface area contributed by atoms with Gasteiger partial charge in [-0.25, -0.2) is 0 Å². The van der Waals surface area contributed by atoms with Gasteiger partial charge < -0.3 is 14.4 Å². The number of likely N-dealkylation sites (tertiary alicyclic amines) is 1. The van der Waals surface area contributed by atoms with Crippen molar-refractivity contribution < 1.29 is 9.84 Å². The molecule has 0 radical (unpaired) electrons. The monoisotopic (exact) mass is 383 g/mol. The average molecular weight is 383 g/mol. The smallest absolute Gasteiger partial charge is 0.223 e. The van der Waals surface area contributed by atoms with Gasteiger partial charge in [-0.2, -0.15) is 0 Å². The fourth-order valence-corrected chi connectivity index (χ4v) is 4.30. The summed E-state index contributed by atoms with van der Waals surface area (Å²) in [7, 11) is 1.95. The fraction of sp³-hybridized carbons (Fsp3) is 0.500. The van der Waals surface area contributed by atoms with Crippen LogP contribution in [0.5, 0.6) is 5.75 Å². The Morgan fingerprint density at radius 1 is 1.07 bits per heavy atom. The zero-order chi connectivity index (χ0) is 19.5. The van der Waals surface area contributed by atoms with Gasteiger partial charge in [0.25, 0.3) is 0 Å².